The third-order valence-electron chi connectivity index (χ3n) is 4.18. The summed E-state index contributed by atoms with van der Waals surface area (Å²) in [7, 11) is 1.66. The maximum Gasteiger partial charge on any atom is 0.262 e. The van der Waals surface area contributed by atoms with Crippen molar-refractivity contribution in [1.82, 2.24) is 0 Å². The molecular weight excluding hydrogens is 338 g/mol. The molecule has 1 N–H and O–H groups in total. The summed E-state index contributed by atoms with van der Waals surface area (Å²) in [5, 5.41) is 2.72. The molecule has 1 heterocycles. The Bertz CT molecular complexity index is 604. The van der Waals surface area contributed by atoms with E-state index in [1.54, 1.807) is 19.2 Å². The van der Waals surface area contributed by atoms with Gasteiger partial charge in [0.1, 0.15) is 5.75 Å². The summed E-state index contributed by atoms with van der Waals surface area (Å²) in [5.41, 5.74) is 0.842. The Kier molecular flexibility index (Phi) is 3.75. The second-order valence-corrected chi connectivity index (χ2v) is 6.36. The standard InChI is InChI=1S/C15H16BrNO4/c1-20-15(3-2-4-15)7-12(18)9-5-13-11(6-10(9)16)17-14(19)8-21-13/h5-6H,2-4,7-8H2,1H3,(H,17,19). The van der Waals surface area contributed by atoms with Crippen LogP contribution in [0, 0.1) is 0 Å². The Morgan fingerprint density at radius 2 is 2.24 bits per heavy atom. The van der Waals surface area contributed by atoms with Crippen molar-refractivity contribution in [2.24, 2.45) is 0 Å². The molecule has 3 rings (SSSR count). The SMILES string of the molecule is COC1(CC(=O)c2cc3c(cc2Br)NC(=O)CO3)CCC1. The molecule has 6 heteroatoms. The van der Waals surface area contributed by atoms with Crippen molar-refractivity contribution in [2.75, 3.05) is 19.0 Å². The third kappa shape index (κ3) is 2.70. The lowest BCUT2D eigenvalue weighted by molar-refractivity contribution is -0.118. The van der Waals surface area contributed by atoms with Crippen molar-refractivity contribution in [2.45, 2.75) is 31.3 Å². The van der Waals surface area contributed by atoms with Crippen molar-refractivity contribution in [3.63, 3.8) is 0 Å². The van der Waals surface area contributed by atoms with Gasteiger partial charge in [-0.1, -0.05) is 0 Å². The van der Waals surface area contributed by atoms with Crippen LogP contribution >= 0.6 is 15.9 Å². The van der Waals surface area contributed by atoms with E-state index < -0.39 is 0 Å². The van der Waals surface area contributed by atoms with Gasteiger partial charge in [0.15, 0.2) is 12.4 Å². The van der Waals surface area contributed by atoms with Crippen LogP contribution in [0.2, 0.25) is 0 Å². The minimum atomic E-state index is -0.304. The van der Waals surface area contributed by atoms with Crippen molar-refractivity contribution in [3.05, 3.63) is 22.2 Å². The fraction of sp³-hybridized carbons (Fsp3) is 0.467. The van der Waals surface area contributed by atoms with E-state index in [0.29, 0.717) is 27.9 Å². The summed E-state index contributed by atoms with van der Waals surface area (Å²) in [5.74, 6) is 0.356. The molecule has 1 aromatic carbocycles. The fourth-order valence-corrected chi connectivity index (χ4v) is 3.29. The van der Waals surface area contributed by atoms with Crippen LogP contribution in [0.4, 0.5) is 5.69 Å². The van der Waals surface area contributed by atoms with Crippen LogP contribution in [0.1, 0.15) is 36.0 Å². The molecule has 0 bridgehead atoms. The number of benzene rings is 1. The zero-order valence-corrected chi connectivity index (χ0v) is 13.3. The summed E-state index contributed by atoms with van der Waals surface area (Å²) < 4.78 is 11.5. The molecule has 0 saturated heterocycles. The Morgan fingerprint density at radius 3 is 2.86 bits per heavy atom. The summed E-state index contributed by atoms with van der Waals surface area (Å²) in [6.45, 7) is -0.0235. The highest BCUT2D eigenvalue weighted by atomic mass is 79.9. The molecule has 0 atom stereocenters. The number of halogens is 1. The number of anilines is 1. The number of ketones is 1. The van der Waals surface area contributed by atoms with E-state index in [9.17, 15) is 9.59 Å². The Balaban J connectivity index is 1.85. The summed E-state index contributed by atoms with van der Waals surface area (Å²) >= 11 is 3.40. The number of nitrogens with one attached hydrogen (secondary N) is 1. The van der Waals surface area contributed by atoms with Gasteiger partial charge in [0, 0.05) is 23.6 Å². The first-order valence-electron chi connectivity index (χ1n) is 6.87. The van der Waals surface area contributed by atoms with Crippen LogP contribution < -0.4 is 10.1 Å². The largest absolute Gasteiger partial charge is 0.482 e. The highest BCUT2D eigenvalue weighted by Gasteiger charge is 2.39. The van der Waals surface area contributed by atoms with Crippen LogP contribution in [0.3, 0.4) is 0 Å². The number of carbonyl (C=O) groups is 2. The number of hydrogen-bond donors (Lipinski definition) is 1. The van der Waals surface area contributed by atoms with E-state index in [-0.39, 0.29) is 23.9 Å². The zero-order valence-electron chi connectivity index (χ0n) is 11.7. The van der Waals surface area contributed by atoms with Gasteiger partial charge >= 0.3 is 0 Å². The van der Waals surface area contributed by atoms with Crippen molar-refractivity contribution in [3.8, 4) is 5.75 Å². The minimum Gasteiger partial charge on any atom is -0.482 e. The summed E-state index contributed by atoms with van der Waals surface area (Å²) in [6, 6.07) is 3.39. The van der Waals surface area contributed by atoms with E-state index in [0.717, 1.165) is 19.3 Å². The topological polar surface area (TPSA) is 64.6 Å². The minimum absolute atomic E-state index is 0.0201. The Hall–Kier alpha value is -1.40. The zero-order chi connectivity index (χ0) is 15.0. The van der Waals surface area contributed by atoms with Crippen LogP contribution in [0.5, 0.6) is 5.75 Å². The van der Waals surface area contributed by atoms with Gasteiger partial charge in [-0.2, -0.15) is 0 Å². The van der Waals surface area contributed by atoms with Gasteiger partial charge in [0.25, 0.3) is 5.91 Å². The Morgan fingerprint density at radius 1 is 1.48 bits per heavy atom. The van der Waals surface area contributed by atoms with Gasteiger partial charge in [0.2, 0.25) is 0 Å². The molecule has 1 saturated carbocycles. The molecule has 1 amide bonds. The van der Waals surface area contributed by atoms with Crippen molar-refractivity contribution in [1.29, 1.82) is 0 Å². The highest BCUT2D eigenvalue weighted by molar-refractivity contribution is 9.10. The van der Waals surface area contributed by atoms with Crippen LogP contribution in [0.25, 0.3) is 0 Å². The quantitative estimate of drug-likeness (QED) is 0.845. The smallest absolute Gasteiger partial charge is 0.262 e. The van der Waals surface area contributed by atoms with Gasteiger partial charge in [0.05, 0.1) is 11.3 Å². The molecule has 0 aromatic heterocycles. The molecule has 5 nitrogen and oxygen atoms in total. The molecule has 1 fully saturated rings. The van der Waals surface area contributed by atoms with Crippen molar-refractivity contribution >= 4 is 33.3 Å². The maximum absolute atomic E-state index is 12.5. The van der Waals surface area contributed by atoms with E-state index >= 15 is 0 Å². The molecular formula is C15H16BrNO4. The molecule has 1 aromatic rings. The monoisotopic (exact) mass is 353 g/mol. The summed E-state index contributed by atoms with van der Waals surface area (Å²) in [6.07, 6.45) is 3.31. The second-order valence-electron chi connectivity index (χ2n) is 5.51. The number of fused-ring (bicyclic) bond motifs is 1. The van der Waals surface area contributed by atoms with Crippen LogP contribution in [-0.4, -0.2) is 31.0 Å². The number of hydrogen-bond acceptors (Lipinski definition) is 4. The predicted octanol–water partition coefficient (Wildman–Crippen LogP) is 2.92. The van der Waals surface area contributed by atoms with Crippen LogP contribution in [-0.2, 0) is 9.53 Å². The average Bonchev–Trinajstić information content (AvgIpc) is 2.41. The molecule has 0 unspecified atom stereocenters. The number of ether oxygens (including phenoxy) is 2. The van der Waals surface area contributed by atoms with E-state index in [1.165, 1.54) is 0 Å². The first-order chi connectivity index (χ1) is 10.0. The maximum atomic E-state index is 12.5. The Labute approximate surface area is 131 Å². The third-order valence-corrected chi connectivity index (χ3v) is 4.84. The lowest BCUT2D eigenvalue weighted by atomic mass is 9.76. The number of Topliss-reactive ketones (excluding diaryl/α,β-unsaturated/α-hetero) is 1. The average molecular weight is 354 g/mol. The van der Waals surface area contributed by atoms with Gasteiger partial charge in [-0.15, -0.1) is 0 Å². The first-order valence-corrected chi connectivity index (χ1v) is 7.67. The van der Waals surface area contributed by atoms with Gasteiger partial charge in [-0.25, -0.2) is 0 Å². The highest BCUT2D eigenvalue weighted by Crippen LogP contribution is 2.40. The van der Waals surface area contributed by atoms with Gasteiger partial charge in [-0.3, -0.25) is 9.59 Å². The second kappa shape index (κ2) is 5.42. The molecule has 0 radical (unpaired) electrons. The number of methoxy groups -OCH3 is 1. The van der Waals surface area contributed by atoms with E-state index in [2.05, 4.69) is 21.2 Å². The molecule has 0 spiro atoms. The van der Waals surface area contributed by atoms with E-state index in [4.69, 9.17) is 9.47 Å². The number of carbonyl (C=O) groups excluding carboxylic acids is 2. The lowest BCUT2D eigenvalue weighted by Gasteiger charge is -2.40. The summed E-state index contributed by atoms with van der Waals surface area (Å²) in [4.78, 5) is 23.8. The predicted molar refractivity (Wildman–Crippen MR) is 80.8 cm³/mol. The molecule has 21 heavy (non-hydrogen) atoms. The molecule has 1 aliphatic heterocycles. The first kappa shape index (κ1) is 14.5. The number of rotatable bonds is 4. The fourth-order valence-electron chi connectivity index (χ4n) is 2.73. The van der Waals surface area contributed by atoms with Gasteiger partial charge in [-0.05, 0) is 47.3 Å². The van der Waals surface area contributed by atoms with Crippen molar-refractivity contribution < 1.29 is 19.1 Å². The number of amides is 1. The molecule has 2 aliphatic rings. The van der Waals surface area contributed by atoms with E-state index in [1.807, 2.05) is 0 Å². The molecule has 1 aliphatic carbocycles. The lowest BCUT2D eigenvalue weighted by Crippen LogP contribution is -2.41. The normalized spacial score (nSPS) is 19.0. The van der Waals surface area contributed by atoms with Gasteiger partial charge < -0.3 is 14.8 Å². The van der Waals surface area contributed by atoms with Crippen LogP contribution in [0.15, 0.2) is 16.6 Å². The molecule has 112 valence electrons.